The minimum Gasteiger partial charge on any atom is -0.362 e. The highest BCUT2D eigenvalue weighted by atomic mass is 32.1. The van der Waals surface area contributed by atoms with E-state index in [-0.39, 0.29) is 6.04 Å². The molecule has 3 aromatic heterocycles. The van der Waals surface area contributed by atoms with Crippen LogP contribution < -0.4 is 5.32 Å². The van der Waals surface area contributed by atoms with Crippen molar-refractivity contribution in [3.63, 3.8) is 0 Å². The zero-order chi connectivity index (χ0) is 12.5. The average molecular weight is 275 g/mol. The lowest BCUT2D eigenvalue weighted by Crippen LogP contribution is -2.06. The summed E-state index contributed by atoms with van der Waals surface area (Å²) in [5.74, 6) is 0.922. The maximum atomic E-state index is 4.36. The molecule has 3 rings (SSSR count). The fourth-order valence-corrected chi connectivity index (χ4v) is 3.49. The molecular weight excluding hydrogens is 262 g/mol. The second-order valence-corrected chi connectivity index (χ2v) is 6.39. The molecule has 1 atom stereocenters. The Labute approximate surface area is 114 Å². The van der Waals surface area contributed by atoms with Gasteiger partial charge in [0.1, 0.15) is 17.0 Å². The van der Waals surface area contributed by atoms with Crippen molar-refractivity contribution < 1.29 is 0 Å². The molecule has 1 N–H and O–H groups in total. The van der Waals surface area contributed by atoms with Gasteiger partial charge in [0.15, 0.2) is 0 Å². The van der Waals surface area contributed by atoms with Crippen LogP contribution in [0.25, 0.3) is 10.2 Å². The molecule has 0 bridgehead atoms. The Morgan fingerprint density at radius 2 is 2.22 bits per heavy atom. The molecule has 5 heteroatoms. The monoisotopic (exact) mass is 275 g/mol. The second-order valence-electron chi connectivity index (χ2n) is 4.18. The minimum absolute atomic E-state index is 0.267. The quantitative estimate of drug-likeness (QED) is 0.777. The summed E-state index contributed by atoms with van der Waals surface area (Å²) in [6.45, 7) is 4.25. The van der Waals surface area contributed by atoms with E-state index in [1.165, 1.54) is 9.75 Å². The van der Waals surface area contributed by atoms with Gasteiger partial charge in [-0.05, 0) is 31.4 Å². The molecule has 0 saturated heterocycles. The number of anilines is 1. The first-order chi connectivity index (χ1) is 8.74. The predicted molar refractivity (Wildman–Crippen MR) is 78.5 cm³/mol. The van der Waals surface area contributed by atoms with Crippen molar-refractivity contribution in [2.45, 2.75) is 19.9 Å². The fourth-order valence-electron chi connectivity index (χ4n) is 1.90. The van der Waals surface area contributed by atoms with Crippen LogP contribution >= 0.6 is 22.7 Å². The van der Waals surface area contributed by atoms with E-state index >= 15 is 0 Å². The summed E-state index contributed by atoms with van der Waals surface area (Å²) < 4.78 is 0. The summed E-state index contributed by atoms with van der Waals surface area (Å²) in [5.41, 5.74) is 0. The van der Waals surface area contributed by atoms with Crippen molar-refractivity contribution in [1.29, 1.82) is 0 Å². The molecule has 0 saturated carbocycles. The molecule has 92 valence electrons. The van der Waals surface area contributed by atoms with Crippen molar-refractivity contribution in [3.8, 4) is 0 Å². The van der Waals surface area contributed by atoms with Gasteiger partial charge in [-0.25, -0.2) is 9.97 Å². The van der Waals surface area contributed by atoms with Crippen LogP contribution in [-0.4, -0.2) is 9.97 Å². The topological polar surface area (TPSA) is 37.8 Å². The van der Waals surface area contributed by atoms with Crippen molar-refractivity contribution in [2.75, 3.05) is 5.32 Å². The normalized spacial score (nSPS) is 12.8. The summed E-state index contributed by atoms with van der Waals surface area (Å²) in [6.07, 6.45) is 1.63. The summed E-state index contributed by atoms with van der Waals surface area (Å²) in [5, 5.41) is 6.68. The molecule has 0 radical (unpaired) electrons. The van der Waals surface area contributed by atoms with Crippen molar-refractivity contribution in [1.82, 2.24) is 9.97 Å². The molecular formula is C13H13N3S2. The lowest BCUT2D eigenvalue weighted by molar-refractivity contribution is 0.898. The van der Waals surface area contributed by atoms with Gasteiger partial charge in [-0.15, -0.1) is 22.7 Å². The van der Waals surface area contributed by atoms with Gasteiger partial charge < -0.3 is 5.32 Å². The standard InChI is InChI=1S/C13H13N3S2/c1-8-6-10-12(14-7-15-13(10)18-8)16-9(2)11-4-3-5-17-11/h3-7,9H,1-2H3,(H,14,15,16). The maximum Gasteiger partial charge on any atom is 0.138 e. The second kappa shape index (κ2) is 4.66. The Hall–Kier alpha value is -1.46. The largest absolute Gasteiger partial charge is 0.362 e. The number of fused-ring (bicyclic) bond motifs is 1. The molecule has 3 aromatic rings. The molecule has 18 heavy (non-hydrogen) atoms. The SMILES string of the molecule is Cc1cc2c(NC(C)c3cccs3)ncnc2s1. The molecule has 0 aliphatic rings. The molecule has 1 unspecified atom stereocenters. The fraction of sp³-hybridized carbons (Fsp3) is 0.231. The van der Waals surface area contributed by atoms with Gasteiger partial charge in [0, 0.05) is 9.75 Å². The highest BCUT2D eigenvalue weighted by Gasteiger charge is 2.11. The first kappa shape index (κ1) is 11.6. The third-order valence-electron chi connectivity index (χ3n) is 2.78. The van der Waals surface area contributed by atoms with Gasteiger partial charge in [0.2, 0.25) is 0 Å². The van der Waals surface area contributed by atoms with Gasteiger partial charge in [-0.3, -0.25) is 0 Å². The van der Waals surface area contributed by atoms with Crippen LogP contribution in [0, 0.1) is 6.92 Å². The number of nitrogens with zero attached hydrogens (tertiary/aromatic N) is 2. The lowest BCUT2D eigenvalue weighted by atomic mass is 10.2. The van der Waals surface area contributed by atoms with Crippen LogP contribution in [0.1, 0.15) is 22.7 Å². The molecule has 0 aliphatic heterocycles. The molecule has 0 aliphatic carbocycles. The Morgan fingerprint density at radius 3 is 3.00 bits per heavy atom. The molecule has 0 amide bonds. The van der Waals surface area contributed by atoms with Crippen LogP contribution in [0.2, 0.25) is 0 Å². The van der Waals surface area contributed by atoms with Crippen LogP contribution in [0.4, 0.5) is 5.82 Å². The van der Waals surface area contributed by atoms with Crippen LogP contribution in [-0.2, 0) is 0 Å². The highest BCUT2D eigenvalue weighted by Crippen LogP contribution is 2.30. The Bertz CT molecular complexity index is 658. The molecule has 3 nitrogen and oxygen atoms in total. The number of nitrogens with one attached hydrogen (secondary N) is 1. The summed E-state index contributed by atoms with van der Waals surface area (Å²) in [6, 6.07) is 6.62. The van der Waals surface area contributed by atoms with Crippen molar-refractivity contribution >= 4 is 38.7 Å². The summed E-state index contributed by atoms with van der Waals surface area (Å²) in [7, 11) is 0. The third kappa shape index (κ3) is 2.11. The molecule has 3 heterocycles. The number of thiophene rings is 2. The number of aryl methyl sites for hydroxylation is 1. The van der Waals surface area contributed by atoms with E-state index < -0.39 is 0 Å². The Balaban J connectivity index is 1.95. The van der Waals surface area contributed by atoms with Gasteiger partial charge in [-0.2, -0.15) is 0 Å². The number of rotatable bonds is 3. The summed E-state index contributed by atoms with van der Waals surface area (Å²) >= 11 is 3.46. The van der Waals surface area contributed by atoms with E-state index in [2.05, 4.69) is 52.7 Å². The van der Waals surface area contributed by atoms with Crippen molar-refractivity contribution in [2.24, 2.45) is 0 Å². The molecule has 0 spiro atoms. The van der Waals surface area contributed by atoms with E-state index in [0.717, 1.165) is 16.0 Å². The van der Waals surface area contributed by atoms with Gasteiger partial charge in [0.05, 0.1) is 11.4 Å². The van der Waals surface area contributed by atoms with E-state index in [0.29, 0.717) is 0 Å². The van der Waals surface area contributed by atoms with E-state index in [1.54, 1.807) is 29.0 Å². The average Bonchev–Trinajstić information content (AvgIpc) is 2.96. The first-order valence-corrected chi connectivity index (χ1v) is 7.45. The third-order valence-corrected chi connectivity index (χ3v) is 4.79. The van der Waals surface area contributed by atoms with Gasteiger partial charge >= 0.3 is 0 Å². The van der Waals surface area contributed by atoms with Gasteiger partial charge in [-0.1, -0.05) is 6.07 Å². The van der Waals surface area contributed by atoms with E-state index in [9.17, 15) is 0 Å². The number of hydrogen-bond acceptors (Lipinski definition) is 5. The maximum absolute atomic E-state index is 4.36. The Morgan fingerprint density at radius 1 is 1.33 bits per heavy atom. The predicted octanol–water partition coefficient (Wildman–Crippen LogP) is 4.23. The first-order valence-electron chi connectivity index (χ1n) is 5.75. The zero-order valence-corrected chi connectivity index (χ0v) is 11.8. The molecule has 0 fully saturated rings. The van der Waals surface area contributed by atoms with Crippen LogP contribution in [0.5, 0.6) is 0 Å². The molecule has 0 aromatic carbocycles. The highest BCUT2D eigenvalue weighted by molar-refractivity contribution is 7.18. The Kier molecular flexibility index (Phi) is 3.01. The van der Waals surface area contributed by atoms with Crippen molar-refractivity contribution in [3.05, 3.63) is 39.7 Å². The van der Waals surface area contributed by atoms with E-state index in [1.807, 2.05) is 0 Å². The van der Waals surface area contributed by atoms with Gasteiger partial charge in [0.25, 0.3) is 0 Å². The number of hydrogen-bond donors (Lipinski definition) is 1. The zero-order valence-electron chi connectivity index (χ0n) is 10.2. The lowest BCUT2D eigenvalue weighted by Gasteiger charge is -2.13. The van der Waals surface area contributed by atoms with Crippen LogP contribution in [0.15, 0.2) is 29.9 Å². The smallest absolute Gasteiger partial charge is 0.138 e. The van der Waals surface area contributed by atoms with E-state index in [4.69, 9.17) is 0 Å². The van der Waals surface area contributed by atoms with Crippen LogP contribution in [0.3, 0.4) is 0 Å². The number of aromatic nitrogens is 2. The minimum atomic E-state index is 0.267. The summed E-state index contributed by atoms with van der Waals surface area (Å²) in [4.78, 5) is 12.3.